The second kappa shape index (κ2) is 7.13. The number of aliphatic hydroxyl groups excluding tert-OH is 2. The summed E-state index contributed by atoms with van der Waals surface area (Å²) in [7, 11) is 0. The van der Waals surface area contributed by atoms with E-state index in [4.69, 9.17) is 0 Å². The average Bonchev–Trinajstić information content (AvgIpc) is 3.23. The number of β-amino-alcohol motifs (C(OH)–C–C–N with tert-alkyl or cyclic N) is 1. The van der Waals surface area contributed by atoms with Crippen LogP contribution in [0.3, 0.4) is 0 Å². The smallest absolute Gasteiger partial charge is 0.159 e. The zero-order chi connectivity index (χ0) is 21.3. The van der Waals surface area contributed by atoms with Crippen LogP contribution in [0.4, 0.5) is 0 Å². The Morgan fingerprint density at radius 1 is 1.03 bits per heavy atom. The van der Waals surface area contributed by atoms with Crippen LogP contribution in [-0.4, -0.2) is 63.4 Å². The van der Waals surface area contributed by atoms with Crippen molar-refractivity contribution in [2.45, 2.75) is 89.4 Å². The van der Waals surface area contributed by atoms with Gasteiger partial charge in [0, 0.05) is 24.4 Å². The quantitative estimate of drug-likeness (QED) is 0.658. The molecule has 0 aromatic rings. The van der Waals surface area contributed by atoms with Gasteiger partial charge in [0.05, 0.1) is 17.8 Å². The van der Waals surface area contributed by atoms with E-state index < -0.39 is 5.60 Å². The number of likely N-dealkylation sites (tertiary alicyclic amines) is 1. The molecule has 168 valence electrons. The number of fused-ring (bicyclic) bond motifs is 5. The van der Waals surface area contributed by atoms with Gasteiger partial charge in [-0.25, -0.2) is 0 Å². The Hall–Kier alpha value is -0.750. The van der Waals surface area contributed by atoms with Crippen LogP contribution < -0.4 is 0 Å². The standard InChI is InChI=1S/C25H39NO4/c1-23-8-4-17(27)13-21(23)22(29)14-20-19(23)5-9-24(2)16(3-10-25(20,24)30)6-11-26-12-7-18(28)15-26/h14,16-19,21,27-28,30H,3-13,15H2,1-2H3/t16?,17?,18?,19?,21?,23?,24?,25-/m1/s1. The third-order valence-corrected chi connectivity index (χ3v) is 10.3. The summed E-state index contributed by atoms with van der Waals surface area (Å²) in [6.45, 7) is 7.26. The third-order valence-electron chi connectivity index (χ3n) is 10.3. The van der Waals surface area contributed by atoms with Crippen LogP contribution in [0.5, 0.6) is 0 Å². The summed E-state index contributed by atoms with van der Waals surface area (Å²) in [5.41, 5.74) is -0.146. The summed E-state index contributed by atoms with van der Waals surface area (Å²) < 4.78 is 0. The van der Waals surface area contributed by atoms with E-state index in [2.05, 4.69) is 18.7 Å². The van der Waals surface area contributed by atoms with Crippen molar-refractivity contribution >= 4 is 5.78 Å². The van der Waals surface area contributed by atoms with Gasteiger partial charge in [-0.05, 0) is 93.2 Å². The molecule has 1 aliphatic heterocycles. The van der Waals surface area contributed by atoms with Gasteiger partial charge in [0.15, 0.2) is 5.78 Å². The van der Waals surface area contributed by atoms with E-state index in [0.29, 0.717) is 12.3 Å². The maximum absolute atomic E-state index is 13.2. The summed E-state index contributed by atoms with van der Waals surface area (Å²) in [4.78, 5) is 15.5. The van der Waals surface area contributed by atoms with Crippen molar-refractivity contribution in [2.24, 2.45) is 28.6 Å². The fourth-order valence-electron chi connectivity index (χ4n) is 8.24. The number of ketones is 1. The van der Waals surface area contributed by atoms with Gasteiger partial charge in [0.25, 0.3) is 0 Å². The largest absolute Gasteiger partial charge is 0.393 e. The summed E-state index contributed by atoms with van der Waals surface area (Å²) in [5, 5.41) is 32.1. The van der Waals surface area contributed by atoms with Crippen LogP contribution in [-0.2, 0) is 4.79 Å². The number of nitrogens with zero attached hydrogens (tertiary/aromatic N) is 1. The predicted octanol–water partition coefficient (Wildman–Crippen LogP) is 2.68. The number of hydrogen-bond acceptors (Lipinski definition) is 5. The minimum absolute atomic E-state index is 0.0956. The first-order valence-electron chi connectivity index (χ1n) is 12.2. The highest BCUT2D eigenvalue weighted by Crippen LogP contribution is 2.67. The first kappa shape index (κ1) is 21.1. The van der Waals surface area contributed by atoms with Crippen molar-refractivity contribution < 1.29 is 20.1 Å². The molecule has 7 unspecified atom stereocenters. The molecule has 0 radical (unpaired) electrons. The molecule has 1 saturated heterocycles. The monoisotopic (exact) mass is 417 g/mol. The topological polar surface area (TPSA) is 81.0 Å². The van der Waals surface area contributed by atoms with Gasteiger partial charge in [0.2, 0.25) is 0 Å². The molecule has 5 nitrogen and oxygen atoms in total. The van der Waals surface area contributed by atoms with Crippen molar-refractivity contribution in [1.82, 2.24) is 4.90 Å². The Kier molecular flexibility index (Phi) is 5.02. The molecule has 5 aliphatic rings. The van der Waals surface area contributed by atoms with Gasteiger partial charge < -0.3 is 20.2 Å². The van der Waals surface area contributed by atoms with Gasteiger partial charge in [-0.1, -0.05) is 13.8 Å². The predicted molar refractivity (Wildman–Crippen MR) is 115 cm³/mol. The van der Waals surface area contributed by atoms with Crippen molar-refractivity contribution in [3.8, 4) is 0 Å². The molecule has 4 fully saturated rings. The number of rotatable bonds is 3. The fraction of sp³-hybridized carbons (Fsp3) is 0.880. The van der Waals surface area contributed by atoms with Crippen molar-refractivity contribution in [1.29, 1.82) is 0 Å². The van der Waals surface area contributed by atoms with Gasteiger partial charge in [0.1, 0.15) is 0 Å². The second-order valence-electron chi connectivity index (χ2n) is 11.6. The molecule has 1 heterocycles. The SMILES string of the molecule is CC12CCC(O)CC1C(=O)C=C1C2CCC2(C)C(CCN3CCC(O)C3)CC[C@@]12O. The molecular weight excluding hydrogens is 378 g/mol. The lowest BCUT2D eigenvalue weighted by Gasteiger charge is -2.59. The summed E-state index contributed by atoms with van der Waals surface area (Å²) in [6, 6.07) is 0. The van der Waals surface area contributed by atoms with Gasteiger partial charge >= 0.3 is 0 Å². The van der Waals surface area contributed by atoms with Crippen LogP contribution in [0.2, 0.25) is 0 Å². The first-order chi connectivity index (χ1) is 14.2. The Labute approximate surface area is 180 Å². The molecule has 0 aromatic heterocycles. The molecule has 30 heavy (non-hydrogen) atoms. The Morgan fingerprint density at radius 3 is 2.57 bits per heavy atom. The molecule has 5 heteroatoms. The highest BCUT2D eigenvalue weighted by atomic mass is 16.3. The van der Waals surface area contributed by atoms with Crippen molar-refractivity contribution in [3.63, 3.8) is 0 Å². The van der Waals surface area contributed by atoms with Crippen molar-refractivity contribution in [3.05, 3.63) is 11.6 Å². The van der Waals surface area contributed by atoms with E-state index in [-0.39, 0.29) is 40.7 Å². The Morgan fingerprint density at radius 2 is 1.83 bits per heavy atom. The molecule has 5 rings (SSSR count). The molecule has 3 saturated carbocycles. The summed E-state index contributed by atoms with van der Waals surface area (Å²) >= 11 is 0. The first-order valence-corrected chi connectivity index (χ1v) is 12.2. The lowest BCUT2D eigenvalue weighted by Crippen LogP contribution is -2.59. The minimum Gasteiger partial charge on any atom is -0.393 e. The zero-order valence-electron chi connectivity index (χ0n) is 18.6. The number of carbonyl (C=O) groups excluding carboxylic acids is 1. The maximum atomic E-state index is 13.2. The van der Waals surface area contributed by atoms with E-state index in [1.807, 2.05) is 6.08 Å². The third kappa shape index (κ3) is 2.92. The van der Waals surface area contributed by atoms with Crippen LogP contribution in [0, 0.1) is 28.6 Å². The van der Waals surface area contributed by atoms with E-state index in [9.17, 15) is 20.1 Å². The van der Waals surface area contributed by atoms with Gasteiger partial charge in [-0.2, -0.15) is 0 Å². The highest BCUT2D eigenvalue weighted by molar-refractivity contribution is 5.95. The molecule has 0 aromatic carbocycles. The fourth-order valence-corrected chi connectivity index (χ4v) is 8.24. The van der Waals surface area contributed by atoms with Gasteiger partial charge in [-0.3, -0.25) is 4.79 Å². The van der Waals surface area contributed by atoms with E-state index in [1.165, 1.54) is 0 Å². The minimum atomic E-state index is -0.870. The van der Waals surface area contributed by atoms with Crippen LogP contribution in [0.15, 0.2) is 11.6 Å². The van der Waals surface area contributed by atoms with Gasteiger partial charge in [-0.15, -0.1) is 0 Å². The molecule has 0 spiro atoms. The zero-order valence-corrected chi connectivity index (χ0v) is 18.6. The van der Waals surface area contributed by atoms with Crippen LogP contribution in [0.25, 0.3) is 0 Å². The summed E-state index contributed by atoms with van der Waals surface area (Å²) in [6.07, 6.45) is 9.25. The molecule has 3 N–H and O–H groups in total. The van der Waals surface area contributed by atoms with Crippen LogP contribution in [0.1, 0.15) is 71.6 Å². The van der Waals surface area contributed by atoms with E-state index in [0.717, 1.165) is 76.6 Å². The normalized spacial score (nSPS) is 51.3. The number of allylic oxidation sites excluding steroid dienone is 1. The highest BCUT2D eigenvalue weighted by Gasteiger charge is 2.65. The molecule has 0 bridgehead atoms. The van der Waals surface area contributed by atoms with Crippen molar-refractivity contribution in [2.75, 3.05) is 19.6 Å². The number of hydrogen-bond donors (Lipinski definition) is 3. The molecule has 0 amide bonds. The summed E-state index contributed by atoms with van der Waals surface area (Å²) in [5.74, 6) is 0.755. The number of aliphatic hydroxyl groups is 3. The average molecular weight is 418 g/mol. The van der Waals surface area contributed by atoms with E-state index in [1.54, 1.807) is 0 Å². The Bertz CT molecular complexity index is 751. The molecule has 4 aliphatic carbocycles. The molecule has 8 atom stereocenters. The lowest BCUT2D eigenvalue weighted by atomic mass is 9.46. The second-order valence-corrected chi connectivity index (χ2v) is 11.6. The van der Waals surface area contributed by atoms with E-state index >= 15 is 0 Å². The number of carbonyl (C=O) groups is 1. The Balaban J connectivity index is 1.40. The maximum Gasteiger partial charge on any atom is 0.159 e. The molecular formula is C25H39NO4. The van der Waals surface area contributed by atoms with Crippen LogP contribution >= 0.6 is 0 Å². The lowest BCUT2D eigenvalue weighted by molar-refractivity contribution is -0.140.